The van der Waals surface area contributed by atoms with Crippen molar-refractivity contribution in [3.63, 3.8) is 0 Å². The molecule has 0 aliphatic heterocycles. The lowest BCUT2D eigenvalue weighted by atomic mass is 10.2. The molecule has 0 atom stereocenters. The Labute approximate surface area is 162 Å². The molecule has 0 saturated carbocycles. The summed E-state index contributed by atoms with van der Waals surface area (Å²) in [5.41, 5.74) is 2.72. The maximum absolute atomic E-state index is 9.12. The number of nitrogens with zero attached hydrogens (tertiary/aromatic N) is 4. The minimum atomic E-state index is 0.566. The van der Waals surface area contributed by atoms with Gasteiger partial charge in [0.05, 0.1) is 11.6 Å². The van der Waals surface area contributed by atoms with Crippen LogP contribution in [0.25, 0.3) is 28.1 Å². The van der Waals surface area contributed by atoms with Gasteiger partial charge >= 0.3 is 0 Å². The lowest BCUT2D eigenvalue weighted by Gasteiger charge is -2.10. The van der Waals surface area contributed by atoms with Gasteiger partial charge in [-0.15, -0.1) is 0 Å². The topological polar surface area (TPSA) is 78.7 Å². The molecule has 0 fully saturated rings. The lowest BCUT2D eigenvalue weighted by Crippen LogP contribution is -2.19. The number of nitriles is 1. The van der Waals surface area contributed by atoms with Crippen molar-refractivity contribution in [1.29, 1.82) is 5.26 Å². The quantitative estimate of drug-likeness (QED) is 0.555. The van der Waals surface area contributed by atoms with E-state index < -0.39 is 0 Å². The Hall–Kier alpha value is -3.50. The second kappa shape index (κ2) is 7.25. The number of furan rings is 1. The van der Waals surface area contributed by atoms with Gasteiger partial charge in [-0.3, -0.25) is 4.40 Å². The molecular formula is C21H21N5O2. The van der Waals surface area contributed by atoms with E-state index in [1.165, 1.54) is 0 Å². The molecular weight excluding hydrogens is 354 g/mol. The first-order chi connectivity index (χ1) is 13.6. The van der Waals surface area contributed by atoms with Crippen LogP contribution in [0.3, 0.4) is 0 Å². The number of aromatic nitrogens is 2. The van der Waals surface area contributed by atoms with Crippen LogP contribution in [0, 0.1) is 11.3 Å². The van der Waals surface area contributed by atoms with Crippen molar-refractivity contribution in [1.82, 2.24) is 14.3 Å². The number of likely N-dealkylation sites (N-methyl/N-ethyl adjacent to an activating group) is 1. The molecule has 0 amide bonds. The number of nitrogens with one attached hydrogen (secondary N) is 1. The molecule has 7 heteroatoms. The van der Waals surface area contributed by atoms with Crippen LogP contribution in [0.4, 0.5) is 5.82 Å². The smallest absolute Gasteiger partial charge is 0.157 e. The number of benzene rings is 1. The van der Waals surface area contributed by atoms with E-state index in [4.69, 9.17) is 14.4 Å². The minimum absolute atomic E-state index is 0.566. The first kappa shape index (κ1) is 17.9. The van der Waals surface area contributed by atoms with Gasteiger partial charge in [0.1, 0.15) is 35.1 Å². The number of imidazole rings is 1. The van der Waals surface area contributed by atoms with E-state index in [0.29, 0.717) is 29.3 Å². The Kier molecular flexibility index (Phi) is 4.63. The van der Waals surface area contributed by atoms with Crippen molar-refractivity contribution in [3.05, 3.63) is 48.2 Å². The third kappa shape index (κ3) is 3.26. The van der Waals surface area contributed by atoms with Crippen LogP contribution in [0.2, 0.25) is 0 Å². The summed E-state index contributed by atoms with van der Waals surface area (Å²) in [6, 6.07) is 13.4. The Morgan fingerprint density at radius 1 is 1.25 bits per heavy atom. The normalized spacial score (nSPS) is 11.2. The number of hydrogen-bond donors (Lipinski definition) is 1. The molecule has 0 aliphatic carbocycles. The highest BCUT2D eigenvalue weighted by Crippen LogP contribution is 2.34. The van der Waals surface area contributed by atoms with Crippen LogP contribution < -0.4 is 10.1 Å². The summed E-state index contributed by atoms with van der Waals surface area (Å²) in [5.74, 6) is 2.28. The van der Waals surface area contributed by atoms with Crippen LogP contribution in [0.15, 0.2) is 47.0 Å². The molecule has 142 valence electrons. The second-order valence-corrected chi connectivity index (χ2v) is 6.78. The summed E-state index contributed by atoms with van der Waals surface area (Å²) in [6.07, 6.45) is 1.83. The molecule has 0 unspecified atom stereocenters. The Morgan fingerprint density at radius 3 is 2.86 bits per heavy atom. The molecule has 0 aliphatic rings. The van der Waals surface area contributed by atoms with Gasteiger partial charge in [0, 0.05) is 25.2 Å². The monoisotopic (exact) mass is 375 g/mol. The van der Waals surface area contributed by atoms with E-state index in [1.807, 2.05) is 56.0 Å². The zero-order chi connectivity index (χ0) is 19.7. The highest BCUT2D eigenvalue weighted by molar-refractivity contribution is 5.86. The highest BCUT2D eigenvalue weighted by atomic mass is 16.5. The van der Waals surface area contributed by atoms with Crippen LogP contribution in [0.5, 0.6) is 5.75 Å². The number of hydrogen-bond acceptors (Lipinski definition) is 6. The molecule has 28 heavy (non-hydrogen) atoms. The number of pyridine rings is 1. The van der Waals surface area contributed by atoms with Gasteiger partial charge in [0.25, 0.3) is 0 Å². The standard InChI is InChI=1S/C21H21N5O2/c1-23-21-20(24-19-10-14(13-22)6-7-26(19)21)18-12-15-11-16(4-5-17(15)28-18)27-9-8-25(2)3/h4-7,10-12,23H,8-9H2,1-3H3. The van der Waals surface area contributed by atoms with Crippen LogP contribution in [0.1, 0.15) is 5.56 Å². The Bertz CT molecular complexity index is 1180. The lowest BCUT2D eigenvalue weighted by molar-refractivity contribution is 0.261. The average molecular weight is 375 g/mol. The predicted octanol–water partition coefficient (Wildman–Crippen LogP) is 3.60. The fourth-order valence-electron chi connectivity index (χ4n) is 3.10. The maximum atomic E-state index is 9.12. The summed E-state index contributed by atoms with van der Waals surface area (Å²) in [5, 5.41) is 13.3. The van der Waals surface area contributed by atoms with Crippen LogP contribution >= 0.6 is 0 Å². The van der Waals surface area contributed by atoms with E-state index in [9.17, 15) is 0 Å². The van der Waals surface area contributed by atoms with Gasteiger partial charge < -0.3 is 19.4 Å². The molecule has 4 aromatic rings. The number of rotatable bonds is 6. The van der Waals surface area contributed by atoms with Crippen molar-refractivity contribution < 1.29 is 9.15 Å². The first-order valence-corrected chi connectivity index (χ1v) is 9.00. The van der Waals surface area contributed by atoms with Crippen molar-refractivity contribution in [2.24, 2.45) is 0 Å². The van der Waals surface area contributed by atoms with E-state index in [1.54, 1.807) is 12.1 Å². The number of fused-ring (bicyclic) bond motifs is 2. The van der Waals surface area contributed by atoms with Gasteiger partial charge in [0.2, 0.25) is 0 Å². The third-order valence-corrected chi connectivity index (χ3v) is 4.52. The third-order valence-electron chi connectivity index (χ3n) is 4.52. The molecule has 4 rings (SSSR count). The van der Waals surface area contributed by atoms with E-state index >= 15 is 0 Å². The minimum Gasteiger partial charge on any atom is -0.492 e. The molecule has 7 nitrogen and oxygen atoms in total. The molecule has 0 bridgehead atoms. The van der Waals surface area contributed by atoms with E-state index in [0.717, 1.165) is 29.1 Å². The molecule has 0 radical (unpaired) electrons. The molecule has 1 N–H and O–H groups in total. The SMILES string of the molecule is CNc1c(-c2cc3cc(OCCN(C)C)ccc3o2)nc2cc(C#N)ccn12. The van der Waals surface area contributed by atoms with Crippen molar-refractivity contribution in [2.75, 3.05) is 39.6 Å². The summed E-state index contributed by atoms with van der Waals surface area (Å²) in [7, 11) is 5.87. The summed E-state index contributed by atoms with van der Waals surface area (Å²) in [4.78, 5) is 6.75. The summed E-state index contributed by atoms with van der Waals surface area (Å²) in [6.45, 7) is 1.48. The van der Waals surface area contributed by atoms with Crippen molar-refractivity contribution in [2.45, 2.75) is 0 Å². The largest absolute Gasteiger partial charge is 0.492 e. The van der Waals surface area contributed by atoms with Gasteiger partial charge in [-0.2, -0.15) is 5.26 Å². The van der Waals surface area contributed by atoms with Gasteiger partial charge in [-0.1, -0.05) is 0 Å². The van der Waals surface area contributed by atoms with Crippen LogP contribution in [-0.4, -0.2) is 48.6 Å². The summed E-state index contributed by atoms with van der Waals surface area (Å²) < 4.78 is 13.8. The predicted molar refractivity (Wildman–Crippen MR) is 109 cm³/mol. The maximum Gasteiger partial charge on any atom is 0.157 e. The van der Waals surface area contributed by atoms with Gasteiger partial charge in [-0.25, -0.2) is 4.98 Å². The van der Waals surface area contributed by atoms with Crippen LogP contribution in [-0.2, 0) is 0 Å². The first-order valence-electron chi connectivity index (χ1n) is 9.00. The molecule has 0 spiro atoms. The zero-order valence-corrected chi connectivity index (χ0v) is 16.1. The zero-order valence-electron chi connectivity index (χ0n) is 16.1. The number of ether oxygens (including phenoxy) is 1. The average Bonchev–Trinajstić information content (AvgIpc) is 3.27. The van der Waals surface area contributed by atoms with E-state index in [-0.39, 0.29) is 0 Å². The molecule has 3 aromatic heterocycles. The highest BCUT2D eigenvalue weighted by Gasteiger charge is 2.17. The fourth-order valence-corrected chi connectivity index (χ4v) is 3.10. The molecule has 1 aromatic carbocycles. The van der Waals surface area contributed by atoms with Crippen molar-refractivity contribution in [3.8, 4) is 23.3 Å². The Morgan fingerprint density at radius 2 is 2.11 bits per heavy atom. The van der Waals surface area contributed by atoms with Gasteiger partial charge in [0.15, 0.2) is 5.76 Å². The second-order valence-electron chi connectivity index (χ2n) is 6.78. The van der Waals surface area contributed by atoms with Gasteiger partial charge in [-0.05, 0) is 50.5 Å². The molecule has 3 heterocycles. The fraction of sp³-hybridized carbons (Fsp3) is 0.238. The summed E-state index contributed by atoms with van der Waals surface area (Å²) >= 11 is 0. The van der Waals surface area contributed by atoms with E-state index in [2.05, 4.69) is 21.3 Å². The Balaban J connectivity index is 1.71. The van der Waals surface area contributed by atoms with Crippen molar-refractivity contribution >= 4 is 22.4 Å². The molecule has 0 saturated heterocycles. The number of anilines is 1.